The van der Waals surface area contributed by atoms with Crippen LogP contribution in [-0.4, -0.2) is 50.4 Å². The third-order valence-electron chi connectivity index (χ3n) is 5.21. The van der Waals surface area contributed by atoms with Crippen molar-refractivity contribution in [1.82, 2.24) is 10.2 Å². The zero-order valence-electron chi connectivity index (χ0n) is 15.7. The molecule has 1 aromatic rings. The van der Waals surface area contributed by atoms with Crippen molar-refractivity contribution < 1.29 is 12.8 Å². The highest BCUT2D eigenvalue weighted by atomic mass is 127. The zero-order chi connectivity index (χ0) is 18.6. The molecule has 1 heterocycles. The average Bonchev–Trinajstić information content (AvgIpc) is 3.22. The number of guanidine groups is 1. The van der Waals surface area contributed by atoms with Crippen molar-refractivity contribution in [2.45, 2.75) is 44.7 Å². The third kappa shape index (κ3) is 6.89. The summed E-state index contributed by atoms with van der Waals surface area (Å²) in [6, 6.07) is 6.92. The van der Waals surface area contributed by atoms with Gasteiger partial charge in [-0.05, 0) is 42.9 Å². The molecule has 2 fully saturated rings. The van der Waals surface area contributed by atoms with Crippen LogP contribution in [0.2, 0.25) is 0 Å². The van der Waals surface area contributed by atoms with Gasteiger partial charge in [-0.2, -0.15) is 0 Å². The minimum Gasteiger partial charge on any atom is -0.354 e. The maximum Gasteiger partial charge on any atom is 0.194 e. The van der Waals surface area contributed by atoms with Crippen molar-refractivity contribution in [3.63, 3.8) is 0 Å². The molecule has 2 aliphatic rings. The van der Waals surface area contributed by atoms with Crippen LogP contribution in [0.25, 0.3) is 0 Å². The van der Waals surface area contributed by atoms with Gasteiger partial charge in [-0.3, -0.25) is 4.99 Å². The summed E-state index contributed by atoms with van der Waals surface area (Å²) in [6.45, 7) is 1.16. The minimum atomic E-state index is -2.88. The number of hydrogen-bond donors (Lipinski definition) is 1. The number of benzene rings is 1. The van der Waals surface area contributed by atoms with Gasteiger partial charge in [0.1, 0.15) is 5.82 Å². The van der Waals surface area contributed by atoms with E-state index in [1.165, 1.54) is 25.0 Å². The Balaban J connectivity index is 0.00000261. The molecular weight excluding hydrogens is 480 g/mol. The topological polar surface area (TPSA) is 61.8 Å². The van der Waals surface area contributed by atoms with Crippen molar-refractivity contribution in [3.05, 3.63) is 35.6 Å². The maximum atomic E-state index is 13.1. The average molecular weight is 509 g/mol. The van der Waals surface area contributed by atoms with E-state index < -0.39 is 9.84 Å². The summed E-state index contributed by atoms with van der Waals surface area (Å²) in [6.07, 6.45) is 5.44. The summed E-state index contributed by atoms with van der Waals surface area (Å²) in [5.41, 5.74) is 1.01. The Labute approximate surface area is 178 Å². The Morgan fingerprint density at radius 1 is 1.22 bits per heavy atom. The molecule has 1 aromatic carbocycles. The molecule has 0 radical (unpaired) electrons. The van der Waals surface area contributed by atoms with Crippen molar-refractivity contribution >= 4 is 39.8 Å². The van der Waals surface area contributed by atoms with E-state index in [0.29, 0.717) is 25.6 Å². The van der Waals surface area contributed by atoms with Crippen LogP contribution in [0.15, 0.2) is 29.3 Å². The van der Waals surface area contributed by atoms with Gasteiger partial charge in [0.15, 0.2) is 15.8 Å². The second kappa shape index (κ2) is 10.0. The first-order chi connectivity index (χ1) is 12.4. The molecule has 1 unspecified atom stereocenters. The lowest BCUT2D eigenvalue weighted by atomic mass is 10.1. The van der Waals surface area contributed by atoms with Crippen LogP contribution in [0.4, 0.5) is 4.39 Å². The van der Waals surface area contributed by atoms with Crippen LogP contribution in [-0.2, 0) is 16.4 Å². The number of aliphatic imine (C=N–C) groups is 1. The lowest BCUT2D eigenvalue weighted by Gasteiger charge is -2.26. The minimum absolute atomic E-state index is 0. The van der Waals surface area contributed by atoms with Gasteiger partial charge in [-0.25, -0.2) is 12.8 Å². The Morgan fingerprint density at radius 2 is 1.89 bits per heavy atom. The number of nitrogens with one attached hydrogen (secondary N) is 1. The van der Waals surface area contributed by atoms with E-state index in [1.807, 2.05) is 11.9 Å². The highest BCUT2D eigenvalue weighted by molar-refractivity contribution is 14.0. The van der Waals surface area contributed by atoms with Gasteiger partial charge in [0, 0.05) is 26.2 Å². The molecule has 8 heteroatoms. The second-order valence-electron chi connectivity index (χ2n) is 7.54. The van der Waals surface area contributed by atoms with Crippen LogP contribution >= 0.6 is 24.0 Å². The van der Waals surface area contributed by atoms with Gasteiger partial charge in [0.2, 0.25) is 0 Å². The van der Waals surface area contributed by atoms with Crippen molar-refractivity contribution in [2.75, 3.05) is 25.1 Å². The highest BCUT2D eigenvalue weighted by Crippen LogP contribution is 2.20. The van der Waals surface area contributed by atoms with Gasteiger partial charge in [-0.15, -0.1) is 24.0 Å². The maximum absolute atomic E-state index is 13.1. The number of hydrogen-bond acceptors (Lipinski definition) is 3. The van der Waals surface area contributed by atoms with Gasteiger partial charge < -0.3 is 10.2 Å². The van der Waals surface area contributed by atoms with E-state index in [4.69, 9.17) is 4.99 Å². The molecule has 0 aromatic heterocycles. The number of sulfone groups is 1. The molecule has 3 rings (SSSR count). The van der Waals surface area contributed by atoms with Crippen LogP contribution in [0, 0.1) is 11.7 Å². The Hall–Kier alpha value is -0.900. The van der Waals surface area contributed by atoms with Gasteiger partial charge >= 0.3 is 0 Å². The molecule has 1 N–H and O–H groups in total. The lowest BCUT2D eigenvalue weighted by molar-refractivity contribution is 0.453. The van der Waals surface area contributed by atoms with Crippen molar-refractivity contribution in [1.29, 1.82) is 0 Å². The molecule has 27 heavy (non-hydrogen) atoms. The highest BCUT2D eigenvalue weighted by Gasteiger charge is 2.28. The number of halogens is 2. The first kappa shape index (κ1) is 22.4. The molecule has 1 aliphatic heterocycles. The standard InChI is InChI=1S/C19H28FN3O2S.HI/c1-23(13-15-6-8-17(20)9-7-15)19(22-18-4-2-3-5-18)21-12-16-10-11-26(24,25)14-16;/h6-9,16,18H,2-5,10-14H2,1H3,(H,21,22);1H. The molecule has 152 valence electrons. The van der Waals surface area contributed by atoms with Crippen molar-refractivity contribution in [2.24, 2.45) is 10.9 Å². The van der Waals surface area contributed by atoms with Crippen LogP contribution in [0.3, 0.4) is 0 Å². The predicted molar refractivity (Wildman–Crippen MR) is 118 cm³/mol. The van der Waals surface area contributed by atoms with E-state index in [9.17, 15) is 12.8 Å². The quantitative estimate of drug-likeness (QED) is 0.377. The predicted octanol–water partition coefficient (Wildman–Crippen LogP) is 3.20. The van der Waals surface area contributed by atoms with Gasteiger partial charge in [0.05, 0.1) is 11.5 Å². The smallest absolute Gasteiger partial charge is 0.194 e. The second-order valence-corrected chi connectivity index (χ2v) is 9.77. The summed E-state index contributed by atoms with van der Waals surface area (Å²) < 4.78 is 36.4. The SMILES string of the molecule is CN(Cc1ccc(F)cc1)C(=NCC1CCS(=O)(=O)C1)NC1CCCC1.I. The zero-order valence-corrected chi connectivity index (χ0v) is 18.9. The van der Waals surface area contributed by atoms with E-state index in [0.717, 1.165) is 24.4 Å². The normalized spacial score (nSPS) is 22.4. The monoisotopic (exact) mass is 509 g/mol. The van der Waals surface area contributed by atoms with Gasteiger partial charge in [-0.1, -0.05) is 25.0 Å². The number of nitrogens with zero attached hydrogens (tertiary/aromatic N) is 2. The molecule has 0 amide bonds. The van der Waals surface area contributed by atoms with E-state index >= 15 is 0 Å². The molecule has 1 aliphatic carbocycles. The van der Waals surface area contributed by atoms with E-state index in [-0.39, 0.29) is 47.2 Å². The fourth-order valence-corrected chi connectivity index (χ4v) is 5.55. The van der Waals surface area contributed by atoms with E-state index in [2.05, 4.69) is 5.32 Å². The van der Waals surface area contributed by atoms with Crippen molar-refractivity contribution in [3.8, 4) is 0 Å². The number of rotatable bonds is 5. The summed E-state index contributed by atoms with van der Waals surface area (Å²) in [5.74, 6) is 1.21. The Kier molecular flexibility index (Phi) is 8.33. The fraction of sp³-hybridized carbons (Fsp3) is 0.632. The largest absolute Gasteiger partial charge is 0.354 e. The first-order valence-electron chi connectivity index (χ1n) is 9.38. The summed E-state index contributed by atoms with van der Waals surface area (Å²) >= 11 is 0. The van der Waals surface area contributed by atoms with Gasteiger partial charge in [0.25, 0.3) is 0 Å². The Bertz CT molecular complexity index is 734. The van der Waals surface area contributed by atoms with Crippen LogP contribution in [0.5, 0.6) is 0 Å². The summed E-state index contributed by atoms with van der Waals surface area (Å²) in [5, 5.41) is 3.54. The lowest BCUT2D eigenvalue weighted by Crippen LogP contribution is -2.43. The Morgan fingerprint density at radius 3 is 2.48 bits per heavy atom. The first-order valence-corrected chi connectivity index (χ1v) is 11.2. The molecular formula is C19H29FIN3O2S. The summed E-state index contributed by atoms with van der Waals surface area (Å²) in [4.78, 5) is 6.78. The molecule has 5 nitrogen and oxygen atoms in total. The molecule has 1 saturated carbocycles. The van der Waals surface area contributed by atoms with Crippen LogP contribution < -0.4 is 5.32 Å². The van der Waals surface area contributed by atoms with E-state index in [1.54, 1.807) is 12.1 Å². The summed E-state index contributed by atoms with van der Waals surface area (Å²) in [7, 11) is -0.910. The third-order valence-corrected chi connectivity index (χ3v) is 7.05. The van der Waals surface area contributed by atoms with Crippen LogP contribution in [0.1, 0.15) is 37.7 Å². The fourth-order valence-electron chi connectivity index (χ4n) is 3.70. The molecule has 1 atom stereocenters. The molecule has 0 bridgehead atoms. The molecule has 0 spiro atoms. The molecule has 1 saturated heterocycles.